The quantitative estimate of drug-likeness (QED) is 0.563. The Bertz CT molecular complexity index is 242. The zero-order chi connectivity index (χ0) is 11.3. The van der Waals surface area contributed by atoms with E-state index >= 15 is 0 Å². The monoisotopic (exact) mass is 232 g/mol. The van der Waals surface area contributed by atoms with E-state index in [-0.39, 0.29) is 17.9 Å². The maximum absolute atomic E-state index is 11.6. The Morgan fingerprint density at radius 2 is 2.33 bits per heavy atom. The molecule has 2 amide bonds. The van der Waals surface area contributed by atoms with Gasteiger partial charge in [0.2, 0.25) is 11.8 Å². The minimum absolute atomic E-state index is 0.0636. The van der Waals surface area contributed by atoms with Crippen molar-refractivity contribution >= 4 is 24.4 Å². The predicted molar refractivity (Wildman–Crippen MR) is 58.8 cm³/mol. The minimum atomic E-state index is -0.563. The molecular weight excluding hydrogens is 216 g/mol. The van der Waals surface area contributed by atoms with E-state index in [9.17, 15) is 9.59 Å². The summed E-state index contributed by atoms with van der Waals surface area (Å²) in [4.78, 5) is 22.4. The number of ether oxygens (including phenoxy) is 1. The van der Waals surface area contributed by atoms with Crippen LogP contribution in [0.1, 0.15) is 13.3 Å². The average Bonchev–Trinajstić information content (AvgIpc) is 2.66. The van der Waals surface area contributed by atoms with Crippen LogP contribution in [0.4, 0.5) is 0 Å². The highest BCUT2D eigenvalue weighted by Crippen LogP contribution is 2.03. The largest absolute Gasteiger partial charge is 0.379 e. The standard InChI is InChI=1S/C9H16N2O3S/c1-6(12)10-8(5-15)9(13)11-7-2-3-14-4-7/h7-8,15H,2-5H2,1H3,(H,10,12)(H,11,13). The molecule has 1 fully saturated rings. The molecular formula is C9H16N2O3S. The summed E-state index contributed by atoms with van der Waals surface area (Å²) >= 11 is 4.02. The van der Waals surface area contributed by atoms with Gasteiger partial charge in [-0.3, -0.25) is 9.59 Å². The normalized spacial score (nSPS) is 22.1. The lowest BCUT2D eigenvalue weighted by atomic mass is 10.2. The molecule has 1 aliphatic rings. The summed E-state index contributed by atoms with van der Waals surface area (Å²) in [7, 11) is 0. The molecule has 1 heterocycles. The SMILES string of the molecule is CC(=O)NC(CS)C(=O)NC1CCOC1. The van der Waals surface area contributed by atoms with Crippen molar-refractivity contribution < 1.29 is 14.3 Å². The van der Waals surface area contributed by atoms with Gasteiger partial charge >= 0.3 is 0 Å². The first-order valence-corrected chi connectivity index (χ1v) is 5.53. The second-order valence-electron chi connectivity index (χ2n) is 3.50. The summed E-state index contributed by atoms with van der Waals surface area (Å²) in [5.41, 5.74) is 0. The molecule has 0 saturated carbocycles. The molecule has 0 spiro atoms. The lowest BCUT2D eigenvalue weighted by Crippen LogP contribution is -2.50. The number of hydrogen-bond acceptors (Lipinski definition) is 4. The van der Waals surface area contributed by atoms with E-state index in [0.29, 0.717) is 19.0 Å². The van der Waals surface area contributed by atoms with Crippen molar-refractivity contribution in [2.75, 3.05) is 19.0 Å². The maximum atomic E-state index is 11.6. The fourth-order valence-electron chi connectivity index (χ4n) is 1.39. The molecule has 2 unspecified atom stereocenters. The summed E-state index contributed by atoms with van der Waals surface area (Å²) in [6, 6.07) is -0.500. The molecule has 0 aromatic rings. The number of nitrogens with one attached hydrogen (secondary N) is 2. The van der Waals surface area contributed by atoms with Crippen LogP contribution < -0.4 is 10.6 Å². The number of thiol groups is 1. The zero-order valence-electron chi connectivity index (χ0n) is 8.66. The first-order chi connectivity index (χ1) is 7.13. The Labute approximate surface area is 94.3 Å². The third-order valence-corrected chi connectivity index (χ3v) is 2.52. The molecule has 86 valence electrons. The highest BCUT2D eigenvalue weighted by molar-refractivity contribution is 7.80. The lowest BCUT2D eigenvalue weighted by molar-refractivity contribution is -0.128. The van der Waals surface area contributed by atoms with E-state index in [0.717, 1.165) is 6.42 Å². The molecule has 2 N–H and O–H groups in total. The molecule has 6 heteroatoms. The summed E-state index contributed by atoms with van der Waals surface area (Å²) in [5.74, 6) is -0.138. The lowest BCUT2D eigenvalue weighted by Gasteiger charge is -2.17. The molecule has 1 saturated heterocycles. The molecule has 1 rings (SSSR count). The van der Waals surface area contributed by atoms with Crippen LogP contribution in [0.3, 0.4) is 0 Å². The van der Waals surface area contributed by atoms with Crippen molar-refractivity contribution in [1.29, 1.82) is 0 Å². The molecule has 0 aliphatic carbocycles. The highest BCUT2D eigenvalue weighted by atomic mass is 32.1. The number of hydrogen-bond donors (Lipinski definition) is 3. The van der Waals surface area contributed by atoms with E-state index in [1.54, 1.807) is 0 Å². The van der Waals surface area contributed by atoms with Gasteiger partial charge in [-0.15, -0.1) is 0 Å². The number of carbonyl (C=O) groups is 2. The van der Waals surface area contributed by atoms with Gasteiger partial charge in [-0.05, 0) is 6.42 Å². The Kier molecular flexibility index (Phi) is 4.90. The summed E-state index contributed by atoms with van der Waals surface area (Å²) in [5, 5.41) is 5.34. The maximum Gasteiger partial charge on any atom is 0.243 e. The number of carbonyl (C=O) groups excluding carboxylic acids is 2. The fourth-order valence-corrected chi connectivity index (χ4v) is 1.65. The number of amides is 2. The van der Waals surface area contributed by atoms with Gasteiger partial charge in [0.25, 0.3) is 0 Å². The second kappa shape index (κ2) is 5.97. The predicted octanol–water partition coefficient (Wildman–Crippen LogP) is -0.674. The van der Waals surface area contributed by atoms with E-state index in [4.69, 9.17) is 4.74 Å². The molecule has 5 nitrogen and oxygen atoms in total. The van der Waals surface area contributed by atoms with Crippen molar-refractivity contribution in [2.45, 2.75) is 25.4 Å². The minimum Gasteiger partial charge on any atom is -0.379 e. The van der Waals surface area contributed by atoms with Crippen LogP contribution in [0.5, 0.6) is 0 Å². The van der Waals surface area contributed by atoms with Crippen LogP contribution in [0.25, 0.3) is 0 Å². The third-order valence-electron chi connectivity index (χ3n) is 2.15. The van der Waals surface area contributed by atoms with Gasteiger partial charge in [-0.25, -0.2) is 0 Å². The van der Waals surface area contributed by atoms with Crippen LogP contribution in [-0.4, -0.2) is 42.9 Å². The molecule has 0 aromatic heterocycles. The van der Waals surface area contributed by atoms with Crippen LogP contribution >= 0.6 is 12.6 Å². The van der Waals surface area contributed by atoms with Gasteiger partial charge in [0.1, 0.15) is 6.04 Å². The van der Waals surface area contributed by atoms with Crippen LogP contribution in [0, 0.1) is 0 Å². The van der Waals surface area contributed by atoms with E-state index in [2.05, 4.69) is 23.3 Å². The molecule has 0 bridgehead atoms. The fraction of sp³-hybridized carbons (Fsp3) is 0.778. The smallest absolute Gasteiger partial charge is 0.243 e. The molecule has 2 atom stereocenters. The zero-order valence-corrected chi connectivity index (χ0v) is 9.55. The molecule has 0 radical (unpaired) electrons. The van der Waals surface area contributed by atoms with Crippen LogP contribution in [0.2, 0.25) is 0 Å². The van der Waals surface area contributed by atoms with Crippen LogP contribution in [-0.2, 0) is 14.3 Å². The van der Waals surface area contributed by atoms with Crippen molar-refractivity contribution in [3.05, 3.63) is 0 Å². The highest BCUT2D eigenvalue weighted by Gasteiger charge is 2.23. The summed E-state index contributed by atoms with van der Waals surface area (Å²) in [6.07, 6.45) is 0.825. The Balaban J connectivity index is 2.38. The van der Waals surface area contributed by atoms with Gasteiger partial charge in [-0.2, -0.15) is 12.6 Å². The Hall–Kier alpha value is -0.750. The molecule has 15 heavy (non-hydrogen) atoms. The first kappa shape index (κ1) is 12.3. The Morgan fingerprint density at radius 3 is 2.80 bits per heavy atom. The van der Waals surface area contributed by atoms with Crippen molar-refractivity contribution in [2.24, 2.45) is 0 Å². The van der Waals surface area contributed by atoms with Crippen LogP contribution in [0.15, 0.2) is 0 Å². The number of rotatable bonds is 4. The second-order valence-corrected chi connectivity index (χ2v) is 3.87. The van der Waals surface area contributed by atoms with E-state index in [1.165, 1.54) is 6.92 Å². The summed E-state index contributed by atoms with van der Waals surface area (Å²) in [6.45, 7) is 2.60. The third kappa shape index (κ3) is 4.09. The van der Waals surface area contributed by atoms with Gasteiger partial charge in [0.15, 0.2) is 0 Å². The van der Waals surface area contributed by atoms with E-state index < -0.39 is 6.04 Å². The summed E-state index contributed by atoms with van der Waals surface area (Å²) < 4.78 is 5.13. The van der Waals surface area contributed by atoms with Crippen molar-refractivity contribution in [1.82, 2.24) is 10.6 Å². The Morgan fingerprint density at radius 1 is 1.60 bits per heavy atom. The van der Waals surface area contributed by atoms with Gasteiger partial charge in [0.05, 0.1) is 12.6 Å². The molecule has 0 aromatic carbocycles. The topological polar surface area (TPSA) is 67.4 Å². The average molecular weight is 232 g/mol. The van der Waals surface area contributed by atoms with Gasteiger partial charge < -0.3 is 15.4 Å². The molecule has 1 aliphatic heterocycles. The van der Waals surface area contributed by atoms with Crippen molar-refractivity contribution in [3.8, 4) is 0 Å². The van der Waals surface area contributed by atoms with E-state index in [1.807, 2.05) is 0 Å². The van der Waals surface area contributed by atoms with Crippen molar-refractivity contribution in [3.63, 3.8) is 0 Å². The van der Waals surface area contributed by atoms with Gasteiger partial charge in [-0.1, -0.05) is 0 Å². The first-order valence-electron chi connectivity index (χ1n) is 4.89. The van der Waals surface area contributed by atoms with Gasteiger partial charge in [0, 0.05) is 19.3 Å².